The van der Waals surface area contributed by atoms with Gasteiger partial charge in [-0.15, -0.1) is 0 Å². The van der Waals surface area contributed by atoms with Crippen molar-refractivity contribution in [1.82, 2.24) is 34.7 Å². The van der Waals surface area contributed by atoms with Crippen LogP contribution in [0.25, 0.3) is 22.2 Å². The van der Waals surface area contributed by atoms with Gasteiger partial charge in [0.15, 0.2) is 0 Å². The van der Waals surface area contributed by atoms with Gasteiger partial charge in [0.1, 0.15) is 17.7 Å². The number of aromatic nitrogens is 5. The summed E-state index contributed by atoms with van der Waals surface area (Å²) in [6.07, 6.45) is 6.65. The number of ether oxygens (including phenoxy) is 1. The number of pyridine rings is 1. The summed E-state index contributed by atoms with van der Waals surface area (Å²) >= 11 is 0. The van der Waals surface area contributed by atoms with E-state index in [0.29, 0.717) is 19.0 Å². The molecule has 1 aromatic carbocycles. The number of hydrogen-bond donors (Lipinski definition) is 2. The molecule has 1 fully saturated rings. The van der Waals surface area contributed by atoms with Crippen molar-refractivity contribution in [3.8, 4) is 11.1 Å². The maximum atomic E-state index is 12.3. The van der Waals surface area contributed by atoms with Gasteiger partial charge in [-0.25, -0.2) is 24.7 Å². The molecule has 4 aromatic rings. The molecule has 1 aliphatic rings. The lowest BCUT2D eigenvalue weighted by molar-refractivity contribution is 0.0139. The van der Waals surface area contributed by atoms with Crippen molar-refractivity contribution in [1.29, 1.82) is 0 Å². The molecule has 0 saturated carbocycles. The fraction of sp³-hybridized carbons (Fsp3) is 0.346. The quantitative estimate of drug-likeness (QED) is 0.431. The Morgan fingerprint density at radius 1 is 1.06 bits per heavy atom. The predicted molar refractivity (Wildman–Crippen MR) is 138 cm³/mol. The van der Waals surface area contributed by atoms with E-state index < -0.39 is 5.60 Å². The number of fused-ring (bicyclic) bond motifs is 1. The summed E-state index contributed by atoms with van der Waals surface area (Å²) in [6, 6.07) is 10.1. The fourth-order valence-corrected chi connectivity index (χ4v) is 4.13. The molecule has 36 heavy (non-hydrogen) atoms. The average Bonchev–Trinajstić information content (AvgIpc) is 3.25. The lowest BCUT2D eigenvalue weighted by Gasteiger charge is -2.35. The van der Waals surface area contributed by atoms with E-state index in [9.17, 15) is 4.79 Å². The van der Waals surface area contributed by atoms with Gasteiger partial charge in [0.25, 0.3) is 0 Å². The second-order valence-corrected chi connectivity index (χ2v) is 9.86. The van der Waals surface area contributed by atoms with Crippen LogP contribution in [0.1, 0.15) is 26.3 Å². The van der Waals surface area contributed by atoms with Crippen LogP contribution in [0.4, 0.5) is 16.6 Å². The standard InChI is InChI=1S/C26H30N8O2/c1-26(2,3)36-25(35)34-10-8-33(9-11-34)16-18-6-7-29-23(12-18)32-24-30-21-5-4-19(13-22(21)31-24)20-14-27-17-28-15-20/h4-7,12-15,17H,8-11,16H2,1-3H3,(H2,29,30,31,32). The van der Waals surface area contributed by atoms with Gasteiger partial charge in [-0.2, -0.15) is 0 Å². The van der Waals surface area contributed by atoms with Crippen LogP contribution in [0.15, 0.2) is 55.2 Å². The Morgan fingerprint density at radius 3 is 2.58 bits per heavy atom. The van der Waals surface area contributed by atoms with Gasteiger partial charge in [-0.1, -0.05) is 6.07 Å². The minimum Gasteiger partial charge on any atom is -0.444 e. The number of H-pyrrole nitrogens is 1. The number of nitrogens with zero attached hydrogens (tertiary/aromatic N) is 6. The smallest absolute Gasteiger partial charge is 0.410 e. The molecule has 186 valence electrons. The minimum absolute atomic E-state index is 0.243. The Morgan fingerprint density at radius 2 is 1.83 bits per heavy atom. The minimum atomic E-state index is -0.479. The summed E-state index contributed by atoms with van der Waals surface area (Å²) in [5, 5.41) is 3.28. The number of carbonyl (C=O) groups is 1. The molecule has 1 amide bonds. The first kappa shape index (κ1) is 23.7. The molecule has 2 N–H and O–H groups in total. The molecule has 0 atom stereocenters. The zero-order valence-electron chi connectivity index (χ0n) is 20.7. The van der Waals surface area contributed by atoms with Crippen LogP contribution < -0.4 is 5.32 Å². The van der Waals surface area contributed by atoms with E-state index in [1.807, 2.05) is 51.1 Å². The number of hydrogen-bond acceptors (Lipinski definition) is 8. The SMILES string of the molecule is CC(C)(C)OC(=O)N1CCN(Cc2ccnc(Nc3nc4ccc(-c5cncnc5)cc4[nH]3)c2)CC1. The van der Waals surface area contributed by atoms with Gasteiger partial charge in [-0.3, -0.25) is 4.90 Å². The molecule has 0 spiro atoms. The Kier molecular flexibility index (Phi) is 6.51. The van der Waals surface area contributed by atoms with Crippen LogP contribution in [0.5, 0.6) is 0 Å². The average molecular weight is 487 g/mol. The fourth-order valence-electron chi connectivity index (χ4n) is 4.13. The van der Waals surface area contributed by atoms with Crippen molar-refractivity contribution in [3.63, 3.8) is 0 Å². The summed E-state index contributed by atoms with van der Waals surface area (Å²) in [4.78, 5) is 37.0. The highest BCUT2D eigenvalue weighted by Crippen LogP contribution is 2.24. The maximum Gasteiger partial charge on any atom is 0.410 e. The second-order valence-electron chi connectivity index (χ2n) is 9.86. The Balaban J connectivity index is 1.20. The van der Waals surface area contributed by atoms with E-state index in [1.165, 1.54) is 6.33 Å². The highest BCUT2D eigenvalue weighted by Gasteiger charge is 2.25. The normalized spacial score (nSPS) is 14.7. The summed E-state index contributed by atoms with van der Waals surface area (Å²) in [5.41, 5.74) is 4.40. The van der Waals surface area contributed by atoms with Crippen molar-refractivity contribution < 1.29 is 9.53 Å². The van der Waals surface area contributed by atoms with Crippen LogP contribution in [0.2, 0.25) is 0 Å². The predicted octanol–water partition coefficient (Wildman–Crippen LogP) is 4.21. The summed E-state index contributed by atoms with van der Waals surface area (Å²) < 4.78 is 5.49. The third-order valence-electron chi connectivity index (χ3n) is 5.88. The van der Waals surface area contributed by atoms with Crippen molar-refractivity contribution >= 4 is 28.9 Å². The van der Waals surface area contributed by atoms with Crippen LogP contribution in [-0.4, -0.2) is 72.6 Å². The van der Waals surface area contributed by atoms with E-state index >= 15 is 0 Å². The van der Waals surface area contributed by atoms with Crippen molar-refractivity contribution in [2.24, 2.45) is 0 Å². The summed E-state index contributed by atoms with van der Waals surface area (Å²) in [6.45, 7) is 9.34. The van der Waals surface area contributed by atoms with Gasteiger partial charge >= 0.3 is 6.09 Å². The zero-order valence-corrected chi connectivity index (χ0v) is 20.7. The molecule has 4 heterocycles. The van der Waals surface area contributed by atoms with Gasteiger partial charge < -0.3 is 19.9 Å². The molecule has 1 saturated heterocycles. The summed E-state index contributed by atoms with van der Waals surface area (Å²) in [7, 11) is 0. The van der Waals surface area contributed by atoms with Gasteiger partial charge in [0.05, 0.1) is 11.0 Å². The second kappa shape index (κ2) is 9.90. The van der Waals surface area contributed by atoms with E-state index in [4.69, 9.17) is 4.74 Å². The number of imidazole rings is 1. The lowest BCUT2D eigenvalue weighted by Crippen LogP contribution is -2.49. The number of aromatic amines is 1. The van der Waals surface area contributed by atoms with Gasteiger partial charge in [-0.05, 0) is 56.2 Å². The van der Waals surface area contributed by atoms with Gasteiger partial charge in [0.2, 0.25) is 5.95 Å². The van der Waals surface area contributed by atoms with E-state index in [0.717, 1.165) is 53.2 Å². The van der Waals surface area contributed by atoms with Crippen LogP contribution in [-0.2, 0) is 11.3 Å². The number of amides is 1. The highest BCUT2D eigenvalue weighted by molar-refractivity contribution is 5.83. The number of rotatable bonds is 5. The molecule has 10 heteroatoms. The Hall–Kier alpha value is -4.05. The molecule has 1 aliphatic heterocycles. The van der Waals surface area contributed by atoms with E-state index in [1.54, 1.807) is 23.5 Å². The van der Waals surface area contributed by atoms with Gasteiger partial charge in [0, 0.05) is 56.9 Å². The first-order chi connectivity index (χ1) is 17.3. The topological polar surface area (TPSA) is 112 Å². The molecule has 0 aliphatic carbocycles. The molecule has 5 rings (SSSR count). The maximum absolute atomic E-state index is 12.3. The molecule has 3 aromatic heterocycles. The van der Waals surface area contributed by atoms with Crippen molar-refractivity contribution in [2.45, 2.75) is 32.9 Å². The van der Waals surface area contributed by atoms with Crippen LogP contribution >= 0.6 is 0 Å². The van der Waals surface area contributed by atoms with Crippen LogP contribution in [0.3, 0.4) is 0 Å². The number of benzene rings is 1. The third kappa shape index (κ3) is 5.77. The number of carbonyl (C=O) groups excluding carboxylic acids is 1. The first-order valence-electron chi connectivity index (χ1n) is 12.0. The number of piperazine rings is 1. The third-order valence-corrected chi connectivity index (χ3v) is 5.88. The molecular formula is C26H30N8O2. The number of anilines is 2. The van der Waals surface area contributed by atoms with Crippen LogP contribution in [0, 0.1) is 0 Å². The molecule has 10 nitrogen and oxygen atoms in total. The number of nitrogens with one attached hydrogen (secondary N) is 2. The molecule has 0 bridgehead atoms. The highest BCUT2D eigenvalue weighted by atomic mass is 16.6. The lowest BCUT2D eigenvalue weighted by atomic mass is 10.1. The zero-order chi connectivity index (χ0) is 25.1. The Labute approximate surface area is 209 Å². The van der Waals surface area contributed by atoms with Crippen molar-refractivity contribution in [2.75, 3.05) is 31.5 Å². The molecule has 0 unspecified atom stereocenters. The largest absolute Gasteiger partial charge is 0.444 e. The molecular weight excluding hydrogens is 456 g/mol. The van der Waals surface area contributed by atoms with E-state index in [2.05, 4.69) is 35.1 Å². The summed E-state index contributed by atoms with van der Waals surface area (Å²) in [5.74, 6) is 1.35. The first-order valence-corrected chi connectivity index (χ1v) is 12.0. The Bertz CT molecular complexity index is 1340. The van der Waals surface area contributed by atoms with E-state index in [-0.39, 0.29) is 6.09 Å². The monoisotopic (exact) mass is 486 g/mol. The van der Waals surface area contributed by atoms with Crippen molar-refractivity contribution in [3.05, 3.63) is 60.8 Å². The molecule has 0 radical (unpaired) electrons.